The number of likely N-dealkylation sites (N-methyl/N-ethyl adjacent to an activating group) is 1. The number of aryl methyl sites for hydroxylation is 1. The molecule has 0 aliphatic rings. The molecule has 0 heterocycles. The molecule has 0 radical (unpaired) electrons. The fourth-order valence-electron chi connectivity index (χ4n) is 2.05. The van der Waals surface area contributed by atoms with Crippen molar-refractivity contribution in [2.45, 2.75) is 46.3 Å². The molecule has 0 aromatic heterocycles. The normalized spacial score (nSPS) is 12.5. The van der Waals surface area contributed by atoms with Crippen LogP contribution in [0, 0.1) is 6.92 Å². The fraction of sp³-hybridized carbons (Fsp3) is 0.529. The minimum absolute atomic E-state index is 0.0680. The summed E-state index contributed by atoms with van der Waals surface area (Å²) >= 11 is 0. The minimum Gasteiger partial charge on any atom is -0.444 e. The molecule has 0 bridgehead atoms. The molecular weight excluding hydrogens is 280 g/mol. The Bertz CT molecular complexity index is 535. The molecule has 0 fully saturated rings. The number of carbonyl (C=O) groups excluding carboxylic acids is 2. The zero-order valence-corrected chi connectivity index (χ0v) is 14.3. The third kappa shape index (κ3) is 6.16. The van der Waals surface area contributed by atoms with Crippen LogP contribution in [-0.2, 0) is 4.74 Å². The van der Waals surface area contributed by atoms with Crippen molar-refractivity contribution in [1.82, 2.24) is 10.2 Å². The van der Waals surface area contributed by atoms with E-state index in [0.717, 1.165) is 5.56 Å². The van der Waals surface area contributed by atoms with Gasteiger partial charge in [-0.2, -0.15) is 0 Å². The summed E-state index contributed by atoms with van der Waals surface area (Å²) in [6, 6.07) is 7.25. The Balaban J connectivity index is 2.55. The number of amides is 2. The van der Waals surface area contributed by atoms with Crippen molar-refractivity contribution in [3.63, 3.8) is 0 Å². The van der Waals surface area contributed by atoms with Gasteiger partial charge in [-0.1, -0.05) is 17.7 Å². The van der Waals surface area contributed by atoms with Crippen molar-refractivity contribution < 1.29 is 14.3 Å². The van der Waals surface area contributed by atoms with E-state index in [2.05, 4.69) is 5.32 Å². The summed E-state index contributed by atoms with van der Waals surface area (Å²) in [5, 5.41) is 2.73. The summed E-state index contributed by atoms with van der Waals surface area (Å²) in [5.74, 6) is -0.0680. The first-order chi connectivity index (χ1) is 10.1. The van der Waals surface area contributed by atoms with Crippen LogP contribution in [0.15, 0.2) is 24.3 Å². The molecule has 2 amide bonds. The van der Waals surface area contributed by atoms with E-state index in [1.54, 1.807) is 18.0 Å². The fourth-order valence-corrected chi connectivity index (χ4v) is 2.05. The van der Waals surface area contributed by atoms with Gasteiger partial charge in [0.05, 0.1) is 0 Å². The van der Waals surface area contributed by atoms with Crippen molar-refractivity contribution in [1.29, 1.82) is 0 Å². The van der Waals surface area contributed by atoms with Crippen LogP contribution in [0.3, 0.4) is 0 Å². The topological polar surface area (TPSA) is 58.6 Å². The summed E-state index contributed by atoms with van der Waals surface area (Å²) in [5.41, 5.74) is 1.15. The van der Waals surface area contributed by atoms with Gasteiger partial charge >= 0.3 is 6.09 Å². The van der Waals surface area contributed by atoms with Crippen molar-refractivity contribution in [2.24, 2.45) is 0 Å². The van der Waals surface area contributed by atoms with E-state index in [-0.39, 0.29) is 11.9 Å². The van der Waals surface area contributed by atoms with Crippen LogP contribution >= 0.6 is 0 Å². The molecule has 1 atom stereocenters. The number of nitrogens with zero attached hydrogens (tertiary/aromatic N) is 1. The van der Waals surface area contributed by atoms with Crippen LogP contribution in [0.1, 0.15) is 43.6 Å². The maximum Gasteiger partial charge on any atom is 0.407 e. The lowest BCUT2D eigenvalue weighted by Gasteiger charge is -2.25. The minimum atomic E-state index is -0.535. The smallest absolute Gasteiger partial charge is 0.407 e. The molecule has 1 aromatic carbocycles. The maximum atomic E-state index is 12.3. The number of carbonyl (C=O) groups is 2. The van der Waals surface area contributed by atoms with Crippen LogP contribution in [0.25, 0.3) is 0 Å². The number of hydrogen-bond donors (Lipinski definition) is 1. The van der Waals surface area contributed by atoms with Crippen molar-refractivity contribution in [3.05, 3.63) is 35.4 Å². The van der Waals surface area contributed by atoms with Gasteiger partial charge in [0.25, 0.3) is 5.91 Å². The zero-order valence-electron chi connectivity index (χ0n) is 14.3. The third-order valence-electron chi connectivity index (χ3n) is 2.92. The summed E-state index contributed by atoms with van der Waals surface area (Å²) in [6.45, 7) is 9.62. The quantitative estimate of drug-likeness (QED) is 0.930. The lowest BCUT2D eigenvalue weighted by atomic mass is 10.1. The standard InChI is InChI=1S/C17H26N2O3/c1-12-8-7-9-14(10-12)15(20)19(6)11-13(2)18-16(21)22-17(3,4)5/h7-10,13H,11H2,1-6H3,(H,18,21)/t13-/m1/s1. The number of rotatable bonds is 4. The van der Waals surface area contributed by atoms with Gasteiger partial charge in [-0.05, 0) is 46.8 Å². The summed E-state index contributed by atoms with van der Waals surface area (Å²) in [7, 11) is 1.72. The highest BCUT2D eigenvalue weighted by Gasteiger charge is 2.19. The first kappa shape index (κ1) is 18.0. The van der Waals surface area contributed by atoms with Crippen LogP contribution < -0.4 is 5.32 Å². The molecule has 1 aromatic rings. The van der Waals surface area contributed by atoms with E-state index in [1.807, 2.05) is 52.8 Å². The molecule has 0 aliphatic carbocycles. The molecule has 1 N–H and O–H groups in total. The molecule has 0 unspecified atom stereocenters. The number of alkyl carbamates (subject to hydrolysis) is 1. The van der Waals surface area contributed by atoms with Gasteiger partial charge < -0.3 is 15.0 Å². The van der Waals surface area contributed by atoms with Gasteiger partial charge in [0, 0.05) is 25.2 Å². The number of benzene rings is 1. The molecule has 5 nitrogen and oxygen atoms in total. The highest BCUT2D eigenvalue weighted by molar-refractivity contribution is 5.94. The molecule has 0 saturated heterocycles. The summed E-state index contributed by atoms with van der Waals surface area (Å²) in [6.07, 6.45) is -0.476. The lowest BCUT2D eigenvalue weighted by Crippen LogP contribution is -2.44. The number of ether oxygens (including phenoxy) is 1. The largest absolute Gasteiger partial charge is 0.444 e. The molecule has 122 valence electrons. The Morgan fingerprint density at radius 2 is 1.95 bits per heavy atom. The predicted octanol–water partition coefficient (Wildman–Crippen LogP) is 2.98. The van der Waals surface area contributed by atoms with Crippen LogP contribution in [0.5, 0.6) is 0 Å². The Labute approximate surface area is 132 Å². The van der Waals surface area contributed by atoms with E-state index >= 15 is 0 Å². The van der Waals surface area contributed by atoms with Gasteiger partial charge in [0.1, 0.15) is 5.60 Å². The van der Waals surface area contributed by atoms with Crippen molar-refractivity contribution in [3.8, 4) is 0 Å². The molecule has 0 aliphatic heterocycles. The second kappa shape index (κ2) is 7.29. The number of hydrogen-bond acceptors (Lipinski definition) is 3. The van der Waals surface area contributed by atoms with Crippen LogP contribution in [-0.4, -0.2) is 42.1 Å². The molecule has 22 heavy (non-hydrogen) atoms. The van der Waals surface area contributed by atoms with Crippen molar-refractivity contribution in [2.75, 3.05) is 13.6 Å². The molecule has 0 spiro atoms. The van der Waals surface area contributed by atoms with Crippen LogP contribution in [0.4, 0.5) is 4.79 Å². The van der Waals surface area contributed by atoms with E-state index < -0.39 is 11.7 Å². The Morgan fingerprint density at radius 3 is 2.50 bits per heavy atom. The van der Waals surface area contributed by atoms with Crippen molar-refractivity contribution >= 4 is 12.0 Å². The molecule has 5 heteroatoms. The van der Waals surface area contributed by atoms with Gasteiger partial charge in [-0.3, -0.25) is 4.79 Å². The summed E-state index contributed by atoms with van der Waals surface area (Å²) < 4.78 is 5.20. The number of nitrogens with one attached hydrogen (secondary N) is 1. The molecule has 0 saturated carbocycles. The average Bonchev–Trinajstić information content (AvgIpc) is 2.34. The predicted molar refractivity (Wildman–Crippen MR) is 87.0 cm³/mol. The maximum absolute atomic E-state index is 12.3. The Kier molecular flexibility index (Phi) is 5.97. The first-order valence-corrected chi connectivity index (χ1v) is 7.40. The second-order valence-electron chi connectivity index (χ2n) is 6.60. The van der Waals surface area contributed by atoms with Gasteiger partial charge in [-0.25, -0.2) is 4.79 Å². The molecular formula is C17H26N2O3. The Hall–Kier alpha value is -2.04. The van der Waals surface area contributed by atoms with E-state index in [9.17, 15) is 9.59 Å². The molecule has 1 rings (SSSR count). The summed E-state index contributed by atoms with van der Waals surface area (Å²) in [4.78, 5) is 25.6. The first-order valence-electron chi connectivity index (χ1n) is 7.40. The zero-order chi connectivity index (χ0) is 16.9. The van der Waals surface area contributed by atoms with E-state index in [4.69, 9.17) is 4.74 Å². The SMILES string of the molecule is Cc1cccc(C(=O)N(C)C[C@@H](C)NC(=O)OC(C)(C)C)c1. The van der Waals surface area contributed by atoms with Gasteiger partial charge in [0.15, 0.2) is 0 Å². The Morgan fingerprint density at radius 1 is 1.32 bits per heavy atom. The van der Waals surface area contributed by atoms with E-state index in [0.29, 0.717) is 12.1 Å². The third-order valence-corrected chi connectivity index (χ3v) is 2.92. The van der Waals surface area contributed by atoms with Gasteiger partial charge in [0.2, 0.25) is 0 Å². The highest BCUT2D eigenvalue weighted by Crippen LogP contribution is 2.09. The monoisotopic (exact) mass is 306 g/mol. The average molecular weight is 306 g/mol. The van der Waals surface area contributed by atoms with E-state index in [1.165, 1.54) is 0 Å². The second-order valence-corrected chi connectivity index (χ2v) is 6.60. The lowest BCUT2D eigenvalue weighted by molar-refractivity contribution is 0.0491. The van der Waals surface area contributed by atoms with Gasteiger partial charge in [-0.15, -0.1) is 0 Å². The highest BCUT2D eigenvalue weighted by atomic mass is 16.6. The van der Waals surface area contributed by atoms with Crippen LogP contribution in [0.2, 0.25) is 0 Å².